The number of halogens is 1. The number of nitro groups is 1. The molecule has 0 bridgehead atoms. The Bertz CT molecular complexity index is 809. The molecule has 0 aromatic heterocycles. The molecular weight excluding hydrogens is 321 g/mol. The van der Waals surface area contributed by atoms with Gasteiger partial charge in [0, 0.05) is 17.8 Å². The van der Waals surface area contributed by atoms with Crippen molar-refractivity contribution >= 4 is 28.9 Å². The molecule has 0 aliphatic carbocycles. The Morgan fingerprint density at radius 1 is 1.12 bits per heavy atom. The summed E-state index contributed by atoms with van der Waals surface area (Å²) in [4.78, 5) is 33.9. The number of nitrogens with one attached hydrogen (secondary N) is 2. The van der Waals surface area contributed by atoms with Gasteiger partial charge in [0.25, 0.3) is 5.69 Å². The molecule has 9 heteroatoms. The quantitative estimate of drug-likeness (QED) is 0.507. The summed E-state index contributed by atoms with van der Waals surface area (Å²) in [6.45, 7) is 0. The average Bonchev–Trinajstić information content (AvgIpc) is 2.54. The Morgan fingerprint density at radius 3 is 2.46 bits per heavy atom. The van der Waals surface area contributed by atoms with E-state index in [1.165, 1.54) is 37.4 Å². The number of non-ortho nitro benzene ring substituents is 1. The van der Waals surface area contributed by atoms with Gasteiger partial charge in [-0.15, -0.1) is 0 Å². The smallest absolute Gasteiger partial charge is 0.314 e. The minimum Gasteiger partial charge on any atom is -0.495 e. The van der Waals surface area contributed by atoms with Crippen molar-refractivity contribution in [3.63, 3.8) is 0 Å². The monoisotopic (exact) mass is 333 g/mol. The lowest BCUT2D eigenvalue weighted by atomic mass is 10.2. The van der Waals surface area contributed by atoms with Crippen LogP contribution in [0.4, 0.5) is 21.5 Å². The number of anilines is 2. The van der Waals surface area contributed by atoms with Gasteiger partial charge in [0.1, 0.15) is 11.6 Å². The molecule has 2 aromatic rings. The summed E-state index contributed by atoms with van der Waals surface area (Å²) in [5.74, 6) is -2.58. The first-order chi connectivity index (χ1) is 11.4. The van der Waals surface area contributed by atoms with Crippen LogP contribution in [0.2, 0.25) is 0 Å². The van der Waals surface area contributed by atoms with E-state index in [4.69, 9.17) is 4.74 Å². The molecule has 2 aromatic carbocycles. The third-order valence-corrected chi connectivity index (χ3v) is 2.93. The fraction of sp³-hybridized carbons (Fsp3) is 0.0667. The predicted molar refractivity (Wildman–Crippen MR) is 83.3 cm³/mol. The van der Waals surface area contributed by atoms with Crippen molar-refractivity contribution < 1.29 is 23.6 Å². The number of methoxy groups -OCH3 is 1. The zero-order chi connectivity index (χ0) is 17.7. The van der Waals surface area contributed by atoms with Gasteiger partial charge in [-0.25, -0.2) is 4.39 Å². The maximum absolute atomic E-state index is 13.1. The summed E-state index contributed by atoms with van der Waals surface area (Å²) in [7, 11) is 1.31. The molecular formula is C15H12FN3O5. The van der Waals surface area contributed by atoms with Crippen molar-refractivity contribution in [3.8, 4) is 5.75 Å². The van der Waals surface area contributed by atoms with Gasteiger partial charge >= 0.3 is 11.8 Å². The van der Waals surface area contributed by atoms with Gasteiger partial charge in [-0.3, -0.25) is 19.7 Å². The zero-order valence-electron chi connectivity index (χ0n) is 12.4. The number of hydrogen-bond acceptors (Lipinski definition) is 5. The first kappa shape index (κ1) is 16.9. The standard InChI is InChI=1S/C15H12FN3O5/c1-24-13-6-5-11(19(22)23)8-12(13)18-15(21)14(20)17-10-4-2-3-9(16)7-10/h2-8H,1H3,(H,17,20)(H,18,21). The van der Waals surface area contributed by atoms with Crippen LogP contribution in [-0.2, 0) is 9.59 Å². The first-order valence-electron chi connectivity index (χ1n) is 6.61. The second-order valence-corrected chi connectivity index (χ2v) is 4.56. The maximum atomic E-state index is 13.1. The van der Waals surface area contributed by atoms with E-state index in [2.05, 4.69) is 10.6 Å². The molecule has 2 amide bonds. The van der Waals surface area contributed by atoms with Gasteiger partial charge in [0.2, 0.25) is 0 Å². The van der Waals surface area contributed by atoms with Gasteiger partial charge in [0.15, 0.2) is 0 Å². The molecule has 0 aliphatic rings. The van der Waals surface area contributed by atoms with Gasteiger partial charge in [-0.2, -0.15) is 0 Å². The number of ether oxygens (including phenoxy) is 1. The number of benzene rings is 2. The van der Waals surface area contributed by atoms with Crippen molar-refractivity contribution in [3.05, 3.63) is 58.4 Å². The lowest BCUT2D eigenvalue weighted by molar-refractivity contribution is -0.384. The fourth-order valence-electron chi connectivity index (χ4n) is 1.84. The van der Waals surface area contributed by atoms with Crippen LogP contribution in [0, 0.1) is 15.9 Å². The highest BCUT2D eigenvalue weighted by molar-refractivity contribution is 6.43. The van der Waals surface area contributed by atoms with Crippen molar-refractivity contribution in [2.45, 2.75) is 0 Å². The van der Waals surface area contributed by atoms with E-state index in [-0.39, 0.29) is 22.8 Å². The molecule has 124 valence electrons. The summed E-state index contributed by atoms with van der Waals surface area (Å²) in [5, 5.41) is 15.2. The maximum Gasteiger partial charge on any atom is 0.314 e. The Labute approximate surface area is 135 Å². The number of carbonyl (C=O) groups is 2. The van der Waals surface area contributed by atoms with E-state index in [1.807, 2.05) is 0 Å². The van der Waals surface area contributed by atoms with Crippen molar-refractivity contribution in [1.82, 2.24) is 0 Å². The molecule has 0 fully saturated rings. The zero-order valence-corrected chi connectivity index (χ0v) is 12.4. The van der Waals surface area contributed by atoms with Crippen molar-refractivity contribution in [2.75, 3.05) is 17.7 Å². The highest BCUT2D eigenvalue weighted by atomic mass is 19.1. The van der Waals surface area contributed by atoms with E-state index in [1.54, 1.807) is 0 Å². The van der Waals surface area contributed by atoms with Gasteiger partial charge in [-0.05, 0) is 24.3 Å². The molecule has 24 heavy (non-hydrogen) atoms. The van der Waals surface area contributed by atoms with Crippen LogP contribution in [0.5, 0.6) is 5.75 Å². The van der Waals surface area contributed by atoms with Crippen LogP contribution < -0.4 is 15.4 Å². The topological polar surface area (TPSA) is 111 Å². The van der Waals surface area contributed by atoms with Crippen LogP contribution in [0.3, 0.4) is 0 Å². The van der Waals surface area contributed by atoms with E-state index in [9.17, 15) is 24.1 Å². The van der Waals surface area contributed by atoms with Crippen molar-refractivity contribution in [2.24, 2.45) is 0 Å². The molecule has 0 radical (unpaired) electrons. The summed E-state index contributed by atoms with van der Waals surface area (Å²) in [5.41, 5.74) is -0.219. The van der Waals surface area contributed by atoms with Gasteiger partial charge in [0.05, 0.1) is 17.7 Å². The molecule has 0 heterocycles. The summed E-state index contributed by atoms with van der Waals surface area (Å²) < 4.78 is 18.0. The number of carbonyl (C=O) groups excluding carboxylic acids is 2. The van der Waals surface area contributed by atoms with E-state index in [0.29, 0.717) is 0 Å². The van der Waals surface area contributed by atoms with E-state index < -0.39 is 22.6 Å². The molecule has 2 N–H and O–H groups in total. The minimum absolute atomic E-state index is 0.0360. The molecule has 0 spiro atoms. The average molecular weight is 333 g/mol. The number of nitrogens with zero attached hydrogens (tertiary/aromatic N) is 1. The largest absolute Gasteiger partial charge is 0.495 e. The number of nitro benzene ring substituents is 1. The van der Waals surface area contributed by atoms with Crippen molar-refractivity contribution in [1.29, 1.82) is 0 Å². The molecule has 0 unspecified atom stereocenters. The molecule has 8 nitrogen and oxygen atoms in total. The van der Waals surface area contributed by atoms with E-state index in [0.717, 1.165) is 12.1 Å². The third kappa shape index (κ3) is 4.03. The summed E-state index contributed by atoms with van der Waals surface area (Å²) in [6.07, 6.45) is 0. The number of amides is 2. The second-order valence-electron chi connectivity index (χ2n) is 4.56. The van der Waals surface area contributed by atoms with E-state index >= 15 is 0 Å². The molecule has 0 saturated carbocycles. The summed E-state index contributed by atoms with van der Waals surface area (Å²) >= 11 is 0. The van der Waals surface area contributed by atoms with Crippen LogP contribution in [-0.4, -0.2) is 23.8 Å². The highest BCUT2D eigenvalue weighted by Gasteiger charge is 2.18. The Hall–Kier alpha value is -3.49. The summed E-state index contributed by atoms with van der Waals surface area (Å²) in [6, 6.07) is 8.54. The van der Waals surface area contributed by atoms with Crippen LogP contribution in [0.1, 0.15) is 0 Å². The molecule has 2 rings (SSSR count). The van der Waals surface area contributed by atoms with Gasteiger partial charge < -0.3 is 15.4 Å². The number of hydrogen-bond donors (Lipinski definition) is 2. The van der Waals surface area contributed by atoms with Crippen LogP contribution >= 0.6 is 0 Å². The third-order valence-electron chi connectivity index (χ3n) is 2.93. The predicted octanol–water partition coefficient (Wildman–Crippen LogP) is 2.32. The Kier molecular flexibility index (Phi) is 5.05. The fourth-order valence-corrected chi connectivity index (χ4v) is 1.84. The van der Waals surface area contributed by atoms with Gasteiger partial charge in [-0.1, -0.05) is 6.07 Å². The second kappa shape index (κ2) is 7.18. The number of rotatable bonds is 4. The highest BCUT2D eigenvalue weighted by Crippen LogP contribution is 2.28. The Balaban J connectivity index is 2.15. The lowest BCUT2D eigenvalue weighted by Crippen LogP contribution is -2.29. The minimum atomic E-state index is -1.09. The normalized spacial score (nSPS) is 9.92. The molecule has 0 saturated heterocycles. The SMILES string of the molecule is COc1ccc([N+](=O)[O-])cc1NC(=O)C(=O)Nc1cccc(F)c1. The first-order valence-corrected chi connectivity index (χ1v) is 6.61. The molecule has 0 atom stereocenters. The van der Waals surface area contributed by atoms with Crippen LogP contribution in [0.25, 0.3) is 0 Å². The molecule has 0 aliphatic heterocycles. The Morgan fingerprint density at radius 2 is 1.83 bits per heavy atom. The van der Waals surface area contributed by atoms with Crippen LogP contribution in [0.15, 0.2) is 42.5 Å². The lowest BCUT2D eigenvalue weighted by Gasteiger charge is -2.10.